The Hall–Kier alpha value is -1.07. The summed E-state index contributed by atoms with van der Waals surface area (Å²) < 4.78 is 1.10. The summed E-state index contributed by atoms with van der Waals surface area (Å²) in [5.41, 5.74) is 1.22. The Kier molecular flexibility index (Phi) is 3.58. The van der Waals surface area contributed by atoms with Crippen molar-refractivity contribution in [1.29, 1.82) is 0 Å². The molecule has 2 heterocycles. The van der Waals surface area contributed by atoms with Gasteiger partial charge in [-0.05, 0) is 11.6 Å². The Labute approximate surface area is 97.0 Å². The zero-order valence-electron chi connectivity index (χ0n) is 8.30. The first-order chi connectivity index (χ1) is 7.38. The molecule has 0 atom stereocenters. The van der Waals surface area contributed by atoms with Gasteiger partial charge < -0.3 is 5.32 Å². The van der Waals surface area contributed by atoms with Crippen molar-refractivity contribution in [3.05, 3.63) is 35.5 Å². The van der Waals surface area contributed by atoms with E-state index in [1.165, 1.54) is 5.56 Å². The second-order valence-corrected chi connectivity index (χ2v) is 5.01. The first kappa shape index (κ1) is 10.4. The molecule has 0 aliphatic heterocycles. The van der Waals surface area contributed by atoms with Crippen molar-refractivity contribution >= 4 is 28.9 Å². The molecule has 0 fully saturated rings. The summed E-state index contributed by atoms with van der Waals surface area (Å²) in [5.74, 6) is 1.82. The largest absolute Gasteiger partial charge is 0.373 e. The third-order valence-electron chi connectivity index (χ3n) is 1.85. The number of thioether (sulfide) groups is 1. The minimum Gasteiger partial charge on any atom is -0.373 e. The van der Waals surface area contributed by atoms with E-state index in [0.717, 1.165) is 15.9 Å². The van der Waals surface area contributed by atoms with Gasteiger partial charge in [-0.3, -0.25) is 0 Å². The molecule has 3 nitrogen and oxygen atoms in total. The summed E-state index contributed by atoms with van der Waals surface area (Å²) in [6.07, 6.45) is 3.72. The fourth-order valence-corrected chi connectivity index (χ4v) is 2.66. The van der Waals surface area contributed by atoms with Crippen molar-refractivity contribution in [2.75, 3.05) is 12.4 Å². The molecule has 0 spiro atoms. The molecule has 0 unspecified atom stereocenters. The summed E-state index contributed by atoms with van der Waals surface area (Å²) in [7, 11) is 1.87. The number of hydrogen-bond donors (Lipinski definition) is 1. The Morgan fingerprint density at radius 2 is 2.33 bits per heavy atom. The summed E-state index contributed by atoms with van der Waals surface area (Å²) in [6, 6.07) is 4.07. The Bertz CT molecular complexity index is 397. The Balaban J connectivity index is 1.93. The normalized spacial score (nSPS) is 10.2. The van der Waals surface area contributed by atoms with E-state index >= 15 is 0 Å². The maximum absolute atomic E-state index is 4.26. The fraction of sp³-hybridized carbons (Fsp3) is 0.200. The highest BCUT2D eigenvalue weighted by Gasteiger charge is 1.98. The molecule has 0 aliphatic rings. The van der Waals surface area contributed by atoms with Crippen LogP contribution in [0.3, 0.4) is 0 Å². The molecule has 2 aromatic rings. The van der Waals surface area contributed by atoms with Crippen LogP contribution in [0.2, 0.25) is 0 Å². The molecule has 0 aromatic carbocycles. The first-order valence-electron chi connectivity index (χ1n) is 4.53. The predicted octanol–water partition coefficient (Wildman–Crippen LogP) is 2.87. The van der Waals surface area contributed by atoms with E-state index in [4.69, 9.17) is 0 Å². The van der Waals surface area contributed by atoms with E-state index < -0.39 is 0 Å². The number of nitrogens with zero attached hydrogens (tertiary/aromatic N) is 2. The second-order valence-electron chi connectivity index (χ2n) is 2.89. The molecule has 1 N–H and O–H groups in total. The highest BCUT2D eigenvalue weighted by atomic mass is 32.2. The van der Waals surface area contributed by atoms with Crippen LogP contribution in [0.5, 0.6) is 0 Å². The third-order valence-corrected chi connectivity index (χ3v) is 3.89. The quantitative estimate of drug-likeness (QED) is 0.830. The van der Waals surface area contributed by atoms with E-state index in [2.05, 4.69) is 21.4 Å². The lowest BCUT2D eigenvalue weighted by Crippen LogP contribution is -1.92. The number of pyridine rings is 1. The lowest BCUT2D eigenvalue weighted by atomic mass is 10.3. The number of rotatable bonds is 4. The van der Waals surface area contributed by atoms with Crippen LogP contribution in [0.4, 0.5) is 5.82 Å². The van der Waals surface area contributed by atoms with Gasteiger partial charge in [-0.2, -0.15) is 0 Å². The van der Waals surface area contributed by atoms with Gasteiger partial charge in [0, 0.05) is 30.6 Å². The third kappa shape index (κ3) is 2.94. The number of nitrogens with one attached hydrogen (secondary N) is 1. The van der Waals surface area contributed by atoms with Gasteiger partial charge in [0.2, 0.25) is 0 Å². The van der Waals surface area contributed by atoms with Crippen LogP contribution in [0.15, 0.2) is 34.2 Å². The van der Waals surface area contributed by atoms with Gasteiger partial charge in [0.05, 0.1) is 0 Å². The monoisotopic (exact) mass is 237 g/mol. The van der Waals surface area contributed by atoms with E-state index in [1.807, 2.05) is 30.9 Å². The van der Waals surface area contributed by atoms with Crippen LogP contribution in [-0.2, 0) is 5.75 Å². The average molecular weight is 237 g/mol. The van der Waals surface area contributed by atoms with Gasteiger partial charge >= 0.3 is 0 Å². The van der Waals surface area contributed by atoms with Crippen molar-refractivity contribution < 1.29 is 0 Å². The predicted molar refractivity (Wildman–Crippen MR) is 65.5 cm³/mol. The van der Waals surface area contributed by atoms with Gasteiger partial charge in [0.15, 0.2) is 0 Å². The van der Waals surface area contributed by atoms with Crippen molar-refractivity contribution in [2.24, 2.45) is 0 Å². The molecule has 15 heavy (non-hydrogen) atoms. The maximum atomic E-state index is 4.26. The highest BCUT2D eigenvalue weighted by molar-refractivity contribution is 8.00. The van der Waals surface area contributed by atoms with E-state index in [0.29, 0.717) is 0 Å². The topological polar surface area (TPSA) is 37.8 Å². The summed E-state index contributed by atoms with van der Waals surface area (Å²) in [6.45, 7) is 0. The average Bonchev–Trinajstić information content (AvgIpc) is 2.80. The maximum Gasteiger partial charge on any atom is 0.150 e. The molecule has 2 aromatic heterocycles. The number of anilines is 1. The van der Waals surface area contributed by atoms with Crippen molar-refractivity contribution in [3.63, 3.8) is 0 Å². The molecule has 0 amide bonds. The zero-order chi connectivity index (χ0) is 10.5. The smallest absolute Gasteiger partial charge is 0.150 e. The molecule has 0 radical (unpaired) electrons. The molecular formula is C10H11N3S2. The van der Waals surface area contributed by atoms with Crippen LogP contribution in [0.1, 0.15) is 5.56 Å². The highest BCUT2D eigenvalue weighted by Crippen LogP contribution is 2.24. The number of thiazole rings is 1. The molecule has 0 saturated carbocycles. The summed E-state index contributed by atoms with van der Waals surface area (Å²) in [4.78, 5) is 8.47. The molecule has 5 heteroatoms. The Morgan fingerprint density at radius 1 is 1.40 bits per heavy atom. The van der Waals surface area contributed by atoms with Crippen molar-refractivity contribution in [3.8, 4) is 0 Å². The molecule has 0 bridgehead atoms. The van der Waals surface area contributed by atoms with Crippen molar-refractivity contribution in [1.82, 2.24) is 9.97 Å². The van der Waals surface area contributed by atoms with Gasteiger partial charge in [-0.25, -0.2) is 9.97 Å². The van der Waals surface area contributed by atoms with Crippen LogP contribution >= 0.6 is 23.1 Å². The van der Waals surface area contributed by atoms with Crippen LogP contribution in [0, 0.1) is 0 Å². The summed E-state index contributed by atoms with van der Waals surface area (Å²) in [5, 5.41) is 4.99. The SMILES string of the molecule is CNc1ccc(CSc2nccs2)cn1. The van der Waals surface area contributed by atoms with Gasteiger partial charge in [-0.15, -0.1) is 11.3 Å². The van der Waals surface area contributed by atoms with Crippen LogP contribution in [0.25, 0.3) is 0 Å². The molecule has 2 rings (SSSR count). The van der Waals surface area contributed by atoms with E-state index in [9.17, 15) is 0 Å². The Morgan fingerprint density at radius 3 is 2.93 bits per heavy atom. The minimum atomic E-state index is 0.901. The number of hydrogen-bond acceptors (Lipinski definition) is 5. The molecule has 0 saturated heterocycles. The first-order valence-corrected chi connectivity index (χ1v) is 6.40. The molecule has 0 aliphatic carbocycles. The standard InChI is InChI=1S/C10H11N3S2/c1-11-9-3-2-8(6-13-9)7-15-10-12-4-5-14-10/h2-6H,7H2,1H3,(H,11,13). The molecule has 78 valence electrons. The molecular weight excluding hydrogens is 226 g/mol. The van der Waals surface area contributed by atoms with E-state index in [-0.39, 0.29) is 0 Å². The lowest BCUT2D eigenvalue weighted by molar-refractivity contribution is 1.21. The van der Waals surface area contributed by atoms with Gasteiger partial charge in [0.1, 0.15) is 10.2 Å². The van der Waals surface area contributed by atoms with Crippen LogP contribution < -0.4 is 5.32 Å². The van der Waals surface area contributed by atoms with Gasteiger partial charge in [-0.1, -0.05) is 17.8 Å². The van der Waals surface area contributed by atoms with Crippen molar-refractivity contribution in [2.45, 2.75) is 10.1 Å². The van der Waals surface area contributed by atoms with Crippen LogP contribution in [-0.4, -0.2) is 17.0 Å². The fourth-order valence-electron chi connectivity index (χ4n) is 1.08. The minimum absolute atomic E-state index is 0.901. The van der Waals surface area contributed by atoms with Gasteiger partial charge in [0.25, 0.3) is 0 Å². The lowest BCUT2D eigenvalue weighted by Gasteiger charge is -2.01. The van der Waals surface area contributed by atoms with E-state index in [1.54, 1.807) is 23.1 Å². The number of aromatic nitrogens is 2. The summed E-state index contributed by atoms with van der Waals surface area (Å²) >= 11 is 3.41. The zero-order valence-corrected chi connectivity index (χ0v) is 9.94. The second kappa shape index (κ2) is 5.14.